The molecule has 0 bridgehead atoms. The van der Waals surface area contributed by atoms with Crippen LogP contribution in [0.4, 0.5) is 0 Å². The molecule has 1 fully saturated rings. The predicted octanol–water partition coefficient (Wildman–Crippen LogP) is 5.74. The summed E-state index contributed by atoms with van der Waals surface area (Å²) in [5.74, 6) is -0.655. The number of methoxy groups -OCH3 is 1. The van der Waals surface area contributed by atoms with Crippen molar-refractivity contribution in [2.24, 2.45) is 17.8 Å². The van der Waals surface area contributed by atoms with E-state index in [1.165, 1.54) is 7.11 Å². The fourth-order valence-electron chi connectivity index (χ4n) is 5.64. The van der Waals surface area contributed by atoms with Gasteiger partial charge in [-0.05, 0) is 23.1 Å². The number of carbonyl (C=O) groups is 1. The molecular formula is C32H34O5. The van der Waals surface area contributed by atoms with Gasteiger partial charge in [-0.2, -0.15) is 0 Å². The average molecular weight is 499 g/mol. The van der Waals surface area contributed by atoms with Crippen LogP contribution in [-0.4, -0.2) is 31.4 Å². The zero-order valence-electron chi connectivity index (χ0n) is 21.1. The second kappa shape index (κ2) is 12.3. The molecule has 0 heterocycles. The largest absolute Gasteiger partial charge is 0.469 e. The molecule has 3 aromatic rings. The van der Waals surface area contributed by atoms with Gasteiger partial charge in [-0.3, -0.25) is 4.79 Å². The summed E-state index contributed by atoms with van der Waals surface area (Å²) in [4.78, 5) is 12.9. The maximum atomic E-state index is 12.9. The molecule has 5 rings (SSSR count). The monoisotopic (exact) mass is 498 g/mol. The van der Waals surface area contributed by atoms with Crippen LogP contribution in [0.25, 0.3) is 0 Å². The van der Waals surface area contributed by atoms with Gasteiger partial charge in [0, 0.05) is 11.8 Å². The number of rotatable bonds is 10. The van der Waals surface area contributed by atoms with Crippen molar-refractivity contribution in [3.8, 4) is 0 Å². The first kappa shape index (κ1) is 25.4. The summed E-state index contributed by atoms with van der Waals surface area (Å²) in [5.41, 5.74) is 3.26. The first-order valence-corrected chi connectivity index (χ1v) is 13.0. The molecule has 0 aromatic heterocycles. The van der Waals surface area contributed by atoms with E-state index in [0.717, 1.165) is 16.7 Å². The number of benzene rings is 3. The molecule has 2 aliphatic rings. The Labute approximate surface area is 219 Å². The highest BCUT2D eigenvalue weighted by molar-refractivity contribution is 5.73. The van der Waals surface area contributed by atoms with Crippen molar-refractivity contribution in [2.75, 3.05) is 7.11 Å². The van der Waals surface area contributed by atoms with E-state index in [4.69, 9.17) is 18.9 Å². The highest BCUT2D eigenvalue weighted by Crippen LogP contribution is 2.47. The molecule has 192 valence electrons. The second-order valence-electron chi connectivity index (χ2n) is 9.73. The van der Waals surface area contributed by atoms with Gasteiger partial charge in [0.15, 0.2) is 0 Å². The molecule has 5 heteroatoms. The molecule has 5 nitrogen and oxygen atoms in total. The smallest absolute Gasteiger partial charge is 0.309 e. The molecule has 0 aliphatic heterocycles. The maximum Gasteiger partial charge on any atom is 0.309 e. The lowest BCUT2D eigenvalue weighted by Gasteiger charge is -2.32. The summed E-state index contributed by atoms with van der Waals surface area (Å²) in [6.07, 6.45) is 3.94. The fraction of sp³-hybridized carbons (Fsp3) is 0.344. The van der Waals surface area contributed by atoms with Gasteiger partial charge in [-0.1, -0.05) is 103 Å². The standard InChI is InChI=1S/C32H34O5/c1-34-32(33)27-19-11-18-26-28(27)30(36-21-24-14-7-3-8-15-24)31(37-22-25-16-9-4-10-17-25)29(26)35-20-23-12-5-2-6-13-23/h2-18,26-31H,19-22H2,1H3/t26-,27+,28-,29-,30+,31+/m1/s1. The van der Waals surface area contributed by atoms with Gasteiger partial charge in [-0.25, -0.2) is 0 Å². The van der Waals surface area contributed by atoms with Crippen LogP contribution in [0.15, 0.2) is 103 Å². The minimum Gasteiger partial charge on any atom is -0.469 e. The van der Waals surface area contributed by atoms with E-state index >= 15 is 0 Å². The Morgan fingerprint density at radius 1 is 0.676 bits per heavy atom. The molecule has 0 saturated heterocycles. The Morgan fingerprint density at radius 2 is 1.14 bits per heavy atom. The number of fused-ring (bicyclic) bond motifs is 1. The molecule has 0 amide bonds. The Bertz CT molecular complexity index is 1150. The summed E-state index contributed by atoms with van der Waals surface area (Å²) in [7, 11) is 1.46. The Kier molecular flexibility index (Phi) is 8.46. The minimum absolute atomic E-state index is 0.0249. The van der Waals surface area contributed by atoms with E-state index in [0.29, 0.717) is 26.2 Å². The van der Waals surface area contributed by atoms with Crippen molar-refractivity contribution in [1.29, 1.82) is 0 Å². The van der Waals surface area contributed by atoms with E-state index in [1.54, 1.807) is 0 Å². The summed E-state index contributed by atoms with van der Waals surface area (Å²) in [6.45, 7) is 1.33. The van der Waals surface area contributed by atoms with Crippen LogP contribution >= 0.6 is 0 Å². The SMILES string of the molecule is COC(=O)[C@H]1CC=C[C@H]2[C@@H](OCc3ccccc3)[C@H](OCc3ccccc3)[C@@H](OCc3ccccc3)[C@H]21. The first-order chi connectivity index (χ1) is 18.2. The molecule has 0 spiro atoms. The van der Waals surface area contributed by atoms with Gasteiger partial charge in [0.1, 0.15) is 6.10 Å². The molecule has 0 radical (unpaired) electrons. The van der Waals surface area contributed by atoms with Gasteiger partial charge < -0.3 is 18.9 Å². The molecule has 6 atom stereocenters. The third kappa shape index (κ3) is 6.02. The fourth-order valence-corrected chi connectivity index (χ4v) is 5.64. The molecule has 37 heavy (non-hydrogen) atoms. The van der Waals surface area contributed by atoms with Gasteiger partial charge in [0.25, 0.3) is 0 Å². The van der Waals surface area contributed by atoms with Gasteiger partial charge >= 0.3 is 5.97 Å². The van der Waals surface area contributed by atoms with Crippen LogP contribution in [0.1, 0.15) is 23.1 Å². The number of hydrogen-bond acceptors (Lipinski definition) is 5. The van der Waals surface area contributed by atoms with E-state index in [2.05, 4.69) is 36.4 Å². The van der Waals surface area contributed by atoms with Crippen molar-refractivity contribution >= 4 is 5.97 Å². The summed E-state index contributed by atoms with van der Waals surface area (Å²) >= 11 is 0. The number of carbonyl (C=O) groups excluding carboxylic acids is 1. The highest BCUT2D eigenvalue weighted by Gasteiger charge is 2.57. The predicted molar refractivity (Wildman–Crippen MR) is 141 cm³/mol. The highest BCUT2D eigenvalue weighted by atomic mass is 16.6. The van der Waals surface area contributed by atoms with Crippen LogP contribution in [0.3, 0.4) is 0 Å². The van der Waals surface area contributed by atoms with Crippen molar-refractivity contribution in [3.63, 3.8) is 0 Å². The topological polar surface area (TPSA) is 54.0 Å². The summed E-state index contributed by atoms with van der Waals surface area (Å²) in [6, 6.07) is 30.4. The molecule has 0 unspecified atom stereocenters. The van der Waals surface area contributed by atoms with Crippen LogP contribution in [0, 0.1) is 17.8 Å². The van der Waals surface area contributed by atoms with Crippen molar-refractivity contribution in [1.82, 2.24) is 0 Å². The molecule has 0 N–H and O–H groups in total. The van der Waals surface area contributed by atoms with Crippen LogP contribution < -0.4 is 0 Å². The van der Waals surface area contributed by atoms with Crippen molar-refractivity contribution in [3.05, 3.63) is 120 Å². The van der Waals surface area contributed by atoms with Crippen LogP contribution in [0.5, 0.6) is 0 Å². The van der Waals surface area contributed by atoms with E-state index < -0.39 is 0 Å². The number of ether oxygens (including phenoxy) is 4. The molecule has 2 aliphatic carbocycles. The van der Waals surface area contributed by atoms with E-state index in [-0.39, 0.29) is 42.0 Å². The minimum atomic E-state index is -0.350. The third-order valence-corrected chi connectivity index (χ3v) is 7.42. The lowest BCUT2D eigenvalue weighted by molar-refractivity contribution is -0.153. The third-order valence-electron chi connectivity index (χ3n) is 7.42. The maximum absolute atomic E-state index is 12.9. The van der Waals surface area contributed by atoms with E-state index in [1.807, 2.05) is 66.7 Å². The van der Waals surface area contributed by atoms with Crippen LogP contribution in [0.2, 0.25) is 0 Å². The molecule has 1 saturated carbocycles. The van der Waals surface area contributed by atoms with Crippen molar-refractivity contribution in [2.45, 2.75) is 44.6 Å². The molecule has 3 aromatic carbocycles. The summed E-state index contributed by atoms with van der Waals surface area (Å²) < 4.78 is 25.1. The molecular weight excluding hydrogens is 464 g/mol. The zero-order chi connectivity index (χ0) is 25.5. The van der Waals surface area contributed by atoms with Gasteiger partial charge in [0.2, 0.25) is 0 Å². The zero-order valence-corrected chi connectivity index (χ0v) is 21.1. The van der Waals surface area contributed by atoms with Crippen molar-refractivity contribution < 1.29 is 23.7 Å². The average Bonchev–Trinajstić information content (AvgIpc) is 3.27. The van der Waals surface area contributed by atoms with E-state index in [9.17, 15) is 4.79 Å². The number of allylic oxidation sites excluding steroid dienone is 1. The Morgan fingerprint density at radius 3 is 1.62 bits per heavy atom. The number of esters is 1. The number of hydrogen-bond donors (Lipinski definition) is 0. The normalized spacial score (nSPS) is 26.5. The Hall–Kier alpha value is -3.25. The lowest BCUT2D eigenvalue weighted by atomic mass is 9.76. The summed E-state index contributed by atoms with van der Waals surface area (Å²) in [5, 5.41) is 0. The van der Waals surface area contributed by atoms with Gasteiger partial charge in [-0.15, -0.1) is 0 Å². The lowest BCUT2D eigenvalue weighted by Crippen LogP contribution is -2.40. The van der Waals surface area contributed by atoms with Gasteiger partial charge in [0.05, 0.1) is 45.1 Å². The van der Waals surface area contributed by atoms with Crippen LogP contribution in [-0.2, 0) is 43.6 Å². The second-order valence-corrected chi connectivity index (χ2v) is 9.73. The Balaban J connectivity index is 1.45. The quantitative estimate of drug-likeness (QED) is 0.264. The first-order valence-electron chi connectivity index (χ1n) is 13.0.